The number of esters is 1. The van der Waals surface area contributed by atoms with E-state index in [0.29, 0.717) is 13.0 Å². The van der Waals surface area contributed by atoms with Crippen LogP contribution < -0.4 is 0 Å². The molecule has 0 bridgehead atoms. The normalized spacial score (nSPS) is 11.9. The molecule has 0 N–H and O–H groups in total. The Kier molecular flexibility index (Phi) is 18.7. The molecule has 0 aromatic heterocycles. The van der Waals surface area contributed by atoms with E-state index in [4.69, 9.17) is 4.74 Å². The second-order valence-electron chi connectivity index (χ2n) is 6.26. The first-order valence-corrected chi connectivity index (χ1v) is 9.95. The topological polar surface area (TPSA) is 26.3 Å². The van der Waals surface area contributed by atoms with Gasteiger partial charge >= 0.3 is 5.97 Å². The quantitative estimate of drug-likeness (QED) is 0.174. The molecule has 0 rings (SSSR count). The molecule has 138 valence electrons. The van der Waals surface area contributed by atoms with Crippen molar-refractivity contribution < 1.29 is 9.53 Å². The summed E-state index contributed by atoms with van der Waals surface area (Å²) < 4.78 is 5.14. The van der Waals surface area contributed by atoms with Crippen molar-refractivity contribution in [1.82, 2.24) is 0 Å². The largest absolute Gasteiger partial charge is 0.466 e. The lowest BCUT2D eigenvalue weighted by Gasteiger charge is -2.03. The Morgan fingerprint density at radius 2 is 1.29 bits per heavy atom. The van der Waals surface area contributed by atoms with E-state index >= 15 is 0 Å². The highest BCUT2D eigenvalue weighted by Crippen LogP contribution is 2.08. The molecule has 0 saturated heterocycles. The van der Waals surface area contributed by atoms with E-state index in [1.165, 1.54) is 38.5 Å². The maximum atomic E-state index is 11.4. The smallest absolute Gasteiger partial charge is 0.305 e. The summed E-state index contributed by atoms with van der Waals surface area (Å²) in [5.41, 5.74) is 0. The van der Waals surface area contributed by atoms with E-state index in [1.807, 2.05) is 0 Å². The fraction of sp³-hybridized carbons (Fsp3) is 0.682. The molecule has 2 nitrogen and oxygen atoms in total. The lowest BCUT2D eigenvalue weighted by molar-refractivity contribution is -0.143. The SMILES string of the molecule is CCCC\C=C/C=C/C=C\CCCCCCCC(=O)OCCCC. The van der Waals surface area contributed by atoms with Gasteiger partial charge in [0.05, 0.1) is 6.61 Å². The maximum absolute atomic E-state index is 11.4. The van der Waals surface area contributed by atoms with Crippen molar-refractivity contribution in [3.05, 3.63) is 36.5 Å². The predicted octanol–water partition coefficient (Wildman–Crippen LogP) is 6.92. The summed E-state index contributed by atoms with van der Waals surface area (Å²) in [7, 11) is 0. The van der Waals surface area contributed by atoms with Crippen molar-refractivity contribution in [2.75, 3.05) is 6.61 Å². The van der Waals surface area contributed by atoms with E-state index in [-0.39, 0.29) is 5.97 Å². The third-order valence-electron chi connectivity index (χ3n) is 3.84. The van der Waals surface area contributed by atoms with Crippen LogP contribution in [0.2, 0.25) is 0 Å². The van der Waals surface area contributed by atoms with Crippen molar-refractivity contribution in [1.29, 1.82) is 0 Å². The van der Waals surface area contributed by atoms with Gasteiger partial charge in [0.25, 0.3) is 0 Å². The Bertz CT molecular complexity index is 353. The summed E-state index contributed by atoms with van der Waals surface area (Å²) in [5, 5.41) is 0. The van der Waals surface area contributed by atoms with Crippen molar-refractivity contribution in [2.24, 2.45) is 0 Å². The Morgan fingerprint density at radius 1 is 0.708 bits per heavy atom. The Labute approximate surface area is 150 Å². The molecule has 0 aliphatic heterocycles. The van der Waals surface area contributed by atoms with Crippen LogP contribution in [0.25, 0.3) is 0 Å². The molecule has 0 unspecified atom stereocenters. The molecule has 0 aromatic carbocycles. The Morgan fingerprint density at radius 3 is 1.96 bits per heavy atom. The van der Waals surface area contributed by atoms with E-state index in [2.05, 4.69) is 50.3 Å². The number of hydrogen-bond acceptors (Lipinski definition) is 2. The number of rotatable bonds is 16. The molecular formula is C22H38O2. The number of unbranched alkanes of at least 4 members (excludes halogenated alkanes) is 8. The molecular weight excluding hydrogens is 296 g/mol. The highest BCUT2D eigenvalue weighted by molar-refractivity contribution is 5.69. The van der Waals surface area contributed by atoms with Crippen LogP contribution in [-0.4, -0.2) is 12.6 Å². The van der Waals surface area contributed by atoms with Crippen LogP contribution in [-0.2, 0) is 9.53 Å². The lowest BCUT2D eigenvalue weighted by atomic mass is 10.1. The summed E-state index contributed by atoms with van der Waals surface area (Å²) in [6.45, 7) is 4.91. The monoisotopic (exact) mass is 334 g/mol. The highest BCUT2D eigenvalue weighted by atomic mass is 16.5. The van der Waals surface area contributed by atoms with E-state index in [9.17, 15) is 4.79 Å². The van der Waals surface area contributed by atoms with Crippen LogP contribution in [0.4, 0.5) is 0 Å². The van der Waals surface area contributed by atoms with Crippen LogP contribution >= 0.6 is 0 Å². The molecule has 2 heteroatoms. The Balaban J connectivity index is 3.32. The molecule has 0 radical (unpaired) electrons. The molecule has 0 spiro atoms. The molecule has 0 atom stereocenters. The number of hydrogen-bond donors (Lipinski definition) is 0. The standard InChI is InChI=1S/C22H38O2/c1-3-5-7-8-9-10-11-12-13-14-15-16-17-18-19-20-22(23)24-21-6-4-2/h8-13H,3-7,14-21H2,1-2H3/b9-8-,11-10+,13-12-. The van der Waals surface area contributed by atoms with Gasteiger partial charge in [0.2, 0.25) is 0 Å². The first kappa shape index (κ1) is 22.7. The minimum Gasteiger partial charge on any atom is -0.466 e. The van der Waals surface area contributed by atoms with Crippen LogP contribution in [0.1, 0.15) is 90.9 Å². The first-order chi connectivity index (χ1) is 11.8. The summed E-state index contributed by atoms with van der Waals surface area (Å²) in [6.07, 6.45) is 26.2. The molecule has 0 aliphatic carbocycles. The van der Waals surface area contributed by atoms with Crippen LogP contribution in [0.5, 0.6) is 0 Å². The predicted molar refractivity (Wildman–Crippen MR) is 105 cm³/mol. The van der Waals surface area contributed by atoms with Crippen molar-refractivity contribution >= 4 is 5.97 Å². The van der Waals surface area contributed by atoms with Gasteiger partial charge in [0.15, 0.2) is 0 Å². The maximum Gasteiger partial charge on any atom is 0.305 e. The lowest BCUT2D eigenvalue weighted by Crippen LogP contribution is -2.05. The average molecular weight is 335 g/mol. The van der Waals surface area contributed by atoms with Gasteiger partial charge in [-0.15, -0.1) is 0 Å². The van der Waals surface area contributed by atoms with Gasteiger partial charge in [-0.2, -0.15) is 0 Å². The van der Waals surface area contributed by atoms with E-state index in [0.717, 1.165) is 32.1 Å². The van der Waals surface area contributed by atoms with E-state index in [1.54, 1.807) is 0 Å². The minimum absolute atomic E-state index is 0.0260. The molecule has 0 fully saturated rings. The van der Waals surface area contributed by atoms with E-state index < -0.39 is 0 Å². The highest BCUT2D eigenvalue weighted by Gasteiger charge is 2.01. The van der Waals surface area contributed by atoms with Gasteiger partial charge in [-0.1, -0.05) is 88.8 Å². The second-order valence-corrected chi connectivity index (χ2v) is 6.26. The summed E-state index contributed by atoms with van der Waals surface area (Å²) in [5.74, 6) is -0.0260. The molecule has 0 saturated carbocycles. The molecule has 0 aliphatic rings. The van der Waals surface area contributed by atoms with Gasteiger partial charge in [-0.3, -0.25) is 4.79 Å². The zero-order chi connectivity index (χ0) is 17.7. The summed E-state index contributed by atoms with van der Waals surface area (Å²) in [4.78, 5) is 11.4. The zero-order valence-corrected chi connectivity index (χ0v) is 16.0. The number of ether oxygens (including phenoxy) is 1. The zero-order valence-electron chi connectivity index (χ0n) is 16.0. The summed E-state index contributed by atoms with van der Waals surface area (Å²) in [6, 6.07) is 0. The number of allylic oxidation sites excluding steroid dienone is 6. The average Bonchev–Trinajstić information content (AvgIpc) is 2.58. The van der Waals surface area contributed by atoms with Crippen molar-refractivity contribution in [2.45, 2.75) is 90.9 Å². The first-order valence-electron chi connectivity index (χ1n) is 9.95. The minimum atomic E-state index is -0.0260. The third-order valence-corrected chi connectivity index (χ3v) is 3.84. The fourth-order valence-electron chi connectivity index (χ4n) is 2.26. The molecule has 0 amide bonds. The van der Waals surface area contributed by atoms with Crippen molar-refractivity contribution in [3.8, 4) is 0 Å². The van der Waals surface area contributed by atoms with Crippen LogP contribution in [0.15, 0.2) is 36.5 Å². The molecule has 24 heavy (non-hydrogen) atoms. The van der Waals surface area contributed by atoms with Crippen LogP contribution in [0, 0.1) is 0 Å². The van der Waals surface area contributed by atoms with Gasteiger partial charge < -0.3 is 4.74 Å². The number of carbonyl (C=O) groups is 1. The van der Waals surface area contributed by atoms with Gasteiger partial charge in [-0.25, -0.2) is 0 Å². The van der Waals surface area contributed by atoms with Gasteiger partial charge in [0, 0.05) is 6.42 Å². The van der Waals surface area contributed by atoms with Crippen molar-refractivity contribution in [3.63, 3.8) is 0 Å². The summed E-state index contributed by atoms with van der Waals surface area (Å²) >= 11 is 0. The molecule has 0 heterocycles. The van der Waals surface area contributed by atoms with Crippen LogP contribution in [0.3, 0.4) is 0 Å². The molecule has 0 aromatic rings. The third kappa shape index (κ3) is 18.7. The second kappa shape index (κ2) is 19.7. The van der Waals surface area contributed by atoms with Gasteiger partial charge in [0.1, 0.15) is 0 Å². The van der Waals surface area contributed by atoms with Gasteiger partial charge in [-0.05, 0) is 32.1 Å². The number of carbonyl (C=O) groups excluding carboxylic acids is 1. The fourth-order valence-corrected chi connectivity index (χ4v) is 2.26. The Hall–Kier alpha value is -1.31.